The Kier molecular flexibility index (Phi) is 5.29. The van der Waals surface area contributed by atoms with Gasteiger partial charge in [-0.3, -0.25) is 4.98 Å². The van der Waals surface area contributed by atoms with Crippen molar-refractivity contribution in [2.45, 2.75) is 13.3 Å². The third kappa shape index (κ3) is 3.90. The molecular formula is C14H18BrN5. The summed E-state index contributed by atoms with van der Waals surface area (Å²) < 4.78 is 0.899. The van der Waals surface area contributed by atoms with Gasteiger partial charge >= 0.3 is 0 Å². The number of hydrogen-bond acceptors (Lipinski definition) is 5. The summed E-state index contributed by atoms with van der Waals surface area (Å²) in [4.78, 5) is 14.9. The maximum atomic E-state index is 4.52. The highest BCUT2D eigenvalue weighted by Crippen LogP contribution is 2.23. The van der Waals surface area contributed by atoms with E-state index in [2.05, 4.69) is 41.1 Å². The van der Waals surface area contributed by atoms with Crippen molar-refractivity contribution in [2.75, 3.05) is 30.4 Å². The van der Waals surface area contributed by atoms with Crippen molar-refractivity contribution in [3.8, 4) is 0 Å². The van der Waals surface area contributed by atoms with Crippen LogP contribution in [0.1, 0.15) is 12.5 Å². The Hall–Kier alpha value is -1.69. The summed E-state index contributed by atoms with van der Waals surface area (Å²) in [6.45, 7) is 3.71. The lowest BCUT2D eigenvalue weighted by Crippen LogP contribution is -2.22. The minimum atomic E-state index is 0.654. The molecule has 0 bridgehead atoms. The van der Waals surface area contributed by atoms with Gasteiger partial charge in [0, 0.05) is 38.7 Å². The molecule has 0 saturated heterocycles. The first-order valence-electron chi connectivity index (χ1n) is 6.57. The van der Waals surface area contributed by atoms with Crippen LogP contribution in [-0.4, -0.2) is 35.1 Å². The standard InChI is InChI=1S/C14H18BrN5/c1-3-17-14-18-10-12(15)13(19-14)20(2)9-6-11-4-7-16-8-5-11/h4-5,7-8,10H,3,6,9H2,1-2H3,(H,17,18,19). The first kappa shape index (κ1) is 14.7. The average Bonchev–Trinajstić information content (AvgIpc) is 2.48. The normalized spacial score (nSPS) is 10.3. The van der Waals surface area contributed by atoms with E-state index in [-0.39, 0.29) is 0 Å². The molecule has 0 atom stereocenters. The second-order valence-corrected chi connectivity index (χ2v) is 5.28. The van der Waals surface area contributed by atoms with Crippen LogP contribution in [-0.2, 0) is 6.42 Å². The predicted octanol–water partition coefficient (Wildman–Crippen LogP) is 2.74. The number of anilines is 2. The number of hydrogen-bond donors (Lipinski definition) is 1. The Balaban J connectivity index is 2.04. The van der Waals surface area contributed by atoms with E-state index in [0.29, 0.717) is 5.95 Å². The molecule has 5 nitrogen and oxygen atoms in total. The minimum absolute atomic E-state index is 0.654. The fourth-order valence-electron chi connectivity index (χ4n) is 1.82. The molecule has 0 aliphatic heterocycles. The van der Waals surface area contributed by atoms with Crippen LogP contribution in [0.3, 0.4) is 0 Å². The van der Waals surface area contributed by atoms with Crippen molar-refractivity contribution in [3.63, 3.8) is 0 Å². The first-order chi connectivity index (χ1) is 9.70. The Morgan fingerprint density at radius 2 is 2.05 bits per heavy atom. The SMILES string of the molecule is CCNc1ncc(Br)c(N(C)CCc2ccncc2)n1. The van der Waals surface area contributed by atoms with E-state index in [4.69, 9.17) is 0 Å². The van der Waals surface area contributed by atoms with Crippen molar-refractivity contribution in [3.05, 3.63) is 40.8 Å². The zero-order valence-corrected chi connectivity index (χ0v) is 13.3. The number of rotatable bonds is 6. The summed E-state index contributed by atoms with van der Waals surface area (Å²) >= 11 is 3.50. The van der Waals surface area contributed by atoms with Gasteiger partial charge in [0.2, 0.25) is 5.95 Å². The Bertz CT molecular complexity index is 547. The van der Waals surface area contributed by atoms with E-state index in [0.717, 1.165) is 29.8 Å². The van der Waals surface area contributed by atoms with Gasteiger partial charge in [0.25, 0.3) is 0 Å². The van der Waals surface area contributed by atoms with E-state index < -0.39 is 0 Å². The van der Waals surface area contributed by atoms with Gasteiger partial charge < -0.3 is 10.2 Å². The van der Waals surface area contributed by atoms with Crippen molar-refractivity contribution in [1.82, 2.24) is 15.0 Å². The number of aromatic nitrogens is 3. The van der Waals surface area contributed by atoms with Crippen LogP contribution in [0.15, 0.2) is 35.2 Å². The summed E-state index contributed by atoms with van der Waals surface area (Å²) in [6, 6.07) is 4.07. The van der Waals surface area contributed by atoms with Crippen molar-refractivity contribution < 1.29 is 0 Å². The smallest absolute Gasteiger partial charge is 0.224 e. The topological polar surface area (TPSA) is 53.9 Å². The summed E-state index contributed by atoms with van der Waals surface area (Å²) in [5.74, 6) is 1.55. The molecule has 20 heavy (non-hydrogen) atoms. The fraction of sp³-hybridized carbons (Fsp3) is 0.357. The highest BCUT2D eigenvalue weighted by Gasteiger charge is 2.09. The van der Waals surface area contributed by atoms with Gasteiger partial charge in [0.15, 0.2) is 0 Å². The monoisotopic (exact) mass is 335 g/mol. The molecule has 6 heteroatoms. The van der Waals surface area contributed by atoms with E-state index >= 15 is 0 Å². The van der Waals surface area contributed by atoms with Crippen LogP contribution < -0.4 is 10.2 Å². The average molecular weight is 336 g/mol. The molecule has 0 aromatic carbocycles. The zero-order chi connectivity index (χ0) is 14.4. The van der Waals surface area contributed by atoms with Crippen molar-refractivity contribution >= 4 is 27.7 Å². The molecule has 106 valence electrons. The molecular weight excluding hydrogens is 318 g/mol. The lowest BCUT2D eigenvalue weighted by Gasteiger charge is -2.20. The second-order valence-electron chi connectivity index (χ2n) is 4.42. The third-order valence-electron chi connectivity index (χ3n) is 2.91. The molecule has 0 fully saturated rings. The van der Waals surface area contributed by atoms with Crippen LogP contribution in [0.2, 0.25) is 0 Å². The molecule has 0 unspecified atom stereocenters. The molecule has 0 aliphatic rings. The molecule has 2 rings (SSSR count). The number of halogens is 1. The maximum Gasteiger partial charge on any atom is 0.224 e. The number of nitrogens with one attached hydrogen (secondary N) is 1. The van der Waals surface area contributed by atoms with Gasteiger partial charge in [-0.2, -0.15) is 4.98 Å². The lowest BCUT2D eigenvalue weighted by atomic mass is 10.2. The number of nitrogens with zero attached hydrogens (tertiary/aromatic N) is 4. The first-order valence-corrected chi connectivity index (χ1v) is 7.36. The van der Waals surface area contributed by atoms with Gasteiger partial charge in [0.05, 0.1) is 4.47 Å². The van der Waals surface area contributed by atoms with Crippen LogP contribution >= 0.6 is 15.9 Å². The number of likely N-dealkylation sites (N-methyl/N-ethyl adjacent to an activating group) is 1. The van der Waals surface area contributed by atoms with E-state index in [9.17, 15) is 0 Å². The highest BCUT2D eigenvalue weighted by atomic mass is 79.9. The zero-order valence-electron chi connectivity index (χ0n) is 11.7. The fourth-order valence-corrected chi connectivity index (χ4v) is 2.32. The van der Waals surface area contributed by atoms with Crippen molar-refractivity contribution in [1.29, 1.82) is 0 Å². The quantitative estimate of drug-likeness (QED) is 0.879. The maximum absolute atomic E-state index is 4.52. The Labute approximate surface area is 127 Å². The summed E-state index contributed by atoms with van der Waals surface area (Å²) in [7, 11) is 2.03. The molecule has 1 N–H and O–H groups in total. The minimum Gasteiger partial charge on any atom is -0.358 e. The Morgan fingerprint density at radius 3 is 2.75 bits per heavy atom. The summed E-state index contributed by atoms with van der Waals surface area (Å²) in [6.07, 6.45) is 6.37. The molecule has 0 radical (unpaired) electrons. The van der Waals surface area contributed by atoms with Crippen LogP contribution in [0.5, 0.6) is 0 Å². The molecule has 2 heterocycles. The second kappa shape index (κ2) is 7.19. The molecule has 2 aromatic heterocycles. The summed E-state index contributed by atoms with van der Waals surface area (Å²) in [5, 5.41) is 3.13. The van der Waals surface area contributed by atoms with E-state index in [1.807, 2.05) is 38.5 Å². The van der Waals surface area contributed by atoms with Crippen LogP contribution in [0, 0.1) is 0 Å². The van der Waals surface area contributed by atoms with Gasteiger partial charge in [-0.15, -0.1) is 0 Å². The highest BCUT2D eigenvalue weighted by molar-refractivity contribution is 9.10. The molecule has 0 spiro atoms. The molecule has 0 aliphatic carbocycles. The molecule has 0 saturated carbocycles. The Morgan fingerprint density at radius 1 is 1.30 bits per heavy atom. The van der Waals surface area contributed by atoms with Gasteiger partial charge in [-0.1, -0.05) is 0 Å². The van der Waals surface area contributed by atoms with Crippen LogP contribution in [0.4, 0.5) is 11.8 Å². The van der Waals surface area contributed by atoms with Gasteiger partial charge in [-0.25, -0.2) is 4.98 Å². The predicted molar refractivity (Wildman–Crippen MR) is 85.1 cm³/mol. The lowest BCUT2D eigenvalue weighted by molar-refractivity contribution is 0.851. The molecule has 2 aromatic rings. The van der Waals surface area contributed by atoms with Gasteiger partial charge in [0.1, 0.15) is 5.82 Å². The third-order valence-corrected chi connectivity index (χ3v) is 3.47. The van der Waals surface area contributed by atoms with Crippen LogP contribution in [0.25, 0.3) is 0 Å². The largest absolute Gasteiger partial charge is 0.358 e. The summed E-state index contributed by atoms with van der Waals surface area (Å²) in [5.41, 5.74) is 1.27. The molecule has 0 amide bonds. The van der Waals surface area contributed by atoms with Gasteiger partial charge in [-0.05, 0) is 47.0 Å². The van der Waals surface area contributed by atoms with Crippen molar-refractivity contribution in [2.24, 2.45) is 0 Å². The van der Waals surface area contributed by atoms with E-state index in [1.54, 1.807) is 6.20 Å². The number of pyridine rings is 1. The van der Waals surface area contributed by atoms with E-state index in [1.165, 1.54) is 5.56 Å².